The highest BCUT2D eigenvalue weighted by atomic mass is 35.5. The largest absolute Gasteiger partial charge is 0.480 e. The number of carboxylic acid groups (broad SMARTS) is 1. The first-order chi connectivity index (χ1) is 11.8. The summed E-state index contributed by atoms with van der Waals surface area (Å²) in [6.45, 7) is 5.43. The van der Waals surface area contributed by atoms with Crippen LogP contribution in [-0.4, -0.2) is 37.8 Å². The average molecular weight is 365 g/mol. The third-order valence-corrected chi connectivity index (χ3v) is 3.97. The van der Waals surface area contributed by atoms with E-state index in [9.17, 15) is 14.7 Å². The minimum absolute atomic E-state index is 0.0738. The number of nitrogens with zero attached hydrogens (tertiary/aromatic N) is 3. The van der Waals surface area contributed by atoms with Crippen molar-refractivity contribution in [3.63, 3.8) is 0 Å². The molecule has 2 aromatic rings. The number of nitrogens with one attached hydrogen (secondary N) is 1. The van der Waals surface area contributed by atoms with Gasteiger partial charge in [0.2, 0.25) is 5.82 Å². The lowest BCUT2D eigenvalue weighted by molar-refractivity contribution is -0.140. The van der Waals surface area contributed by atoms with Gasteiger partial charge in [-0.1, -0.05) is 44.5 Å². The van der Waals surface area contributed by atoms with Crippen LogP contribution in [0.15, 0.2) is 24.3 Å². The number of aromatic nitrogens is 3. The van der Waals surface area contributed by atoms with Gasteiger partial charge in [0.25, 0.3) is 5.91 Å². The minimum atomic E-state index is -1.09. The molecule has 0 aliphatic heterocycles. The topological polar surface area (TPSA) is 97.1 Å². The highest BCUT2D eigenvalue weighted by molar-refractivity contribution is 6.32. The van der Waals surface area contributed by atoms with E-state index in [4.69, 9.17) is 11.6 Å². The van der Waals surface area contributed by atoms with Crippen LogP contribution in [-0.2, 0) is 11.2 Å². The third kappa shape index (κ3) is 4.36. The first-order valence-corrected chi connectivity index (χ1v) is 8.47. The molecule has 1 aromatic carbocycles. The van der Waals surface area contributed by atoms with Crippen LogP contribution < -0.4 is 5.32 Å². The molecule has 0 saturated carbocycles. The fourth-order valence-corrected chi connectivity index (χ4v) is 2.58. The van der Waals surface area contributed by atoms with Crippen molar-refractivity contribution in [3.05, 3.63) is 40.9 Å². The number of carbonyl (C=O) groups is 2. The lowest BCUT2D eigenvalue weighted by Crippen LogP contribution is -2.44. The van der Waals surface area contributed by atoms with Gasteiger partial charge in [0.15, 0.2) is 0 Å². The van der Waals surface area contributed by atoms with Crippen LogP contribution in [0.2, 0.25) is 5.02 Å². The molecule has 0 spiro atoms. The van der Waals surface area contributed by atoms with Crippen LogP contribution in [0.5, 0.6) is 0 Å². The molecule has 0 saturated heterocycles. The maximum Gasteiger partial charge on any atom is 0.326 e. The van der Waals surface area contributed by atoms with E-state index in [1.54, 1.807) is 32.0 Å². The molecule has 1 aromatic heterocycles. The number of halogens is 1. The van der Waals surface area contributed by atoms with Crippen molar-refractivity contribution in [3.8, 4) is 5.69 Å². The van der Waals surface area contributed by atoms with Gasteiger partial charge in [-0.2, -0.15) is 0 Å². The van der Waals surface area contributed by atoms with Gasteiger partial charge < -0.3 is 10.4 Å². The summed E-state index contributed by atoms with van der Waals surface area (Å²) in [5.74, 6) is -1.46. The Hall–Kier alpha value is -2.41. The molecule has 0 bridgehead atoms. The molecule has 0 aliphatic carbocycles. The van der Waals surface area contributed by atoms with Crippen molar-refractivity contribution in [1.82, 2.24) is 20.1 Å². The molecular weight excluding hydrogens is 344 g/mol. The molecule has 0 radical (unpaired) electrons. The Labute approximate surface area is 151 Å². The standard InChI is InChI=1S/C17H21ClN4O3/c1-4-7-13-19-15(16(23)20-14(10(2)3)17(24)25)21-22(13)12-9-6-5-8-11(12)18/h5-6,8-10,14H,4,7H2,1-3H3,(H,20,23)(H,24,25)/t14-/m0/s1. The number of carboxylic acids is 1. The number of aryl methyl sites for hydroxylation is 1. The van der Waals surface area contributed by atoms with Gasteiger partial charge in [-0.05, 0) is 24.5 Å². The first-order valence-electron chi connectivity index (χ1n) is 8.09. The number of benzene rings is 1. The van der Waals surface area contributed by atoms with Crippen LogP contribution >= 0.6 is 11.6 Å². The molecule has 1 heterocycles. The summed E-state index contributed by atoms with van der Waals surface area (Å²) in [5.41, 5.74) is 0.623. The lowest BCUT2D eigenvalue weighted by Gasteiger charge is -2.16. The maximum atomic E-state index is 12.4. The van der Waals surface area contributed by atoms with Gasteiger partial charge in [-0.3, -0.25) is 4.79 Å². The van der Waals surface area contributed by atoms with E-state index in [1.165, 1.54) is 4.68 Å². The van der Waals surface area contributed by atoms with Crippen molar-refractivity contribution in [2.45, 2.75) is 39.7 Å². The van der Waals surface area contributed by atoms with Crippen LogP contribution in [0.4, 0.5) is 0 Å². The fraction of sp³-hybridized carbons (Fsp3) is 0.412. The van der Waals surface area contributed by atoms with E-state index in [1.807, 2.05) is 13.0 Å². The summed E-state index contributed by atoms with van der Waals surface area (Å²) in [7, 11) is 0. The zero-order valence-corrected chi connectivity index (χ0v) is 15.1. The Balaban J connectivity index is 2.37. The van der Waals surface area contributed by atoms with E-state index < -0.39 is 17.9 Å². The zero-order valence-electron chi connectivity index (χ0n) is 14.4. The summed E-state index contributed by atoms with van der Waals surface area (Å²) in [4.78, 5) is 28.0. The number of para-hydroxylation sites is 1. The molecule has 0 unspecified atom stereocenters. The van der Waals surface area contributed by atoms with E-state index in [0.29, 0.717) is 23.0 Å². The maximum absolute atomic E-state index is 12.4. The van der Waals surface area contributed by atoms with E-state index in [-0.39, 0.29) is 11.7 Å². The van der Waals surface area contributed by atoms with Gasteiger partial charge in [0.05, 0.1) is 10.7 Å². The Morgan fingerprint density at radius 3 is 2.56 bits per heavy atom. The SMILES string of the molecule is CCCc1nc(C(=O)N[C@H](C(=O)O)C(C)C)nn1-c1ccccc1Cl. The normalized spacial score (nSPS) is 12.2. The molecule has 25 heavy (non-hydrogen) atoms. The second-order valence-corrected chi connectivity index (χ2v) is 6.41. The number of hydrogen-bond acceptors (Lipinski definition) is 4. The van der Waals surface area contributed by atoms with Crippen LogP contribution in [0.3, 0.4) is 0 Å². The predicted octanol–water partition coefficient (Wildman–Crippen LogP) is 2.71. The number of hydrogen-bond donors (Lipinski definition) is 2. The second kappa shape index (κ2) is 8.11. The quantitative estimate of drug-likeness (QED) is 0.787. The predicted molar refractivity (Wildman–Crippen MR) is 94.1 cm³/mol. The van der Waals surface area contributed by atoms with Crippen molar-refractivity contribution in [2.24, 2.45) is 5.92 Å². The summed E-state index contributed by atoms with van der Waals surface area (Å²) in [6, 6.07) is 6.13. The number of rotatable bonds is 7. The third-order valence-electron chi connectivity index (χ3n) is 3.65. The van der Waals surface area contributed by atoms with Crippen LogP contribution in [0.25, 0.3) is 5.69 Å². The average Bonchev–Trinajstić information content (AvgIpc) is 2.96. The minimum Gasteiger partial charge on any atom is -0.480 e. The molecule has 0 aliphatic rings. The lowest BCUT2D eigenvalue weighted by atomic mass is 10.1. The van der Waals surface area contributed by atoms with Crippen molar-refractivity contribution in [1.29, 1.82) is 0 Å². The van der Waals surface area contributed by atoms with Gasteiger partial charge >= 0.3 is 5.97 Å². The Morgan fingerprint density at radius 1 is 1.32 bits per heavy atom. The molecule has 0 fully saturated rings. The fourth-order valence-electron chi connectivity index (χ4n) is 2.36. The molecule has 134 valence electrons. The van der Waals surface area contributed by atoms with Crippen molar-refractivity contribution in [2.75, 3.05) is 0 Å². The summed E-state index contributed by atoms with van der Waals surface area (Å²) in [6.07, 6.45) is 1.42. The Morgan fingerprint density at radius 2 is 2.00 bits per heavy atom. The highest BCUT2D eigenvalue weighted by Crippen LogP contribution is 2.21. The molecular formula is C17H21ClN4O3. The molecule has 7 nitrogen and oxygen atoms in total. The van der Waals surface area contributed by atoms with E-state index in [2.05, 4.69) is 15.4 Å². The molecule has 1 atom stereocenters. The van der Waals surface area contributed by atoms with E-state index >= 15 is 0 Å². The smallest absolute Gasteiger partial charge is 0.326 e. The van der Waals surface area contributed by atoms with Crippen molar-refractivity contribution >= 4 is 23.5 Å². The van der Waals surface area contributed by atoms with Crippen LogP contribution in [0, 0.1) is 5.92 Å². The molecule has 2 rings (SSSR count). The summed E-state index contributed by atoms with van der Waals surface area (Å²) < 4.78 is 1.53. The Kier molecular flexibility index (Phi) is 6.14. The number of amides is 1. The second-order valence-electron chi connectivity index (χ2n) is 6.00. The van der Waals surface area contributed by atoms with Gasteiger partial charge in [-0.25, -0.2) is 14.5 Å². The van der Waals surface area contributed by atoms with Gasteiger partial charge in [0, 0.05) is 6.42 Å². The van der Waals surface area contributed by atoms with Crippen molar-refractivity contribution < 1.29 is 14.7 Å². The van der Waals surface area contributed by atoms with Gasteiger partial charge in [0.1, 0.15) is 11.9 Å². The number of aliphatic carboxylic acids is 1. The highest BCUT2D eigenvalue weighted by Gasteiger charge is 2.26. The Bertz CT molecular complexity index is 773. The number of carbonyl (C=O) groups excluding carboxylic acids is 1. The first kappa shape index (κ1) is 18.9. The van der Waals surface area contributed by atoms with E-state index in [0.717, 1.165) is 6.42 Å². The monoisotopic (exact) mass is 364 g/mol. The summed E-state index contributed by atoms with van der Waals surface area (Å²) >= 11 is 6.22. The molecule has 1 amide bonds. The molecule has 8 heteroatoms. The van der Waals surface area contributed by atoms with Crippen LogP contribution in [0.1, 0.15) is 43.6 Å². The zero-order chi connectivity index (χ0) is 18.6. The summed E-state index contributed by atoms with van der Waals surface area (Å²) in [5, 5.41) is 16.4. The van der Waals surface area contributed by atoms with Gasteiger partial charge in [-0.15, -0.1) is 5.10 Å². The molecule has 2 N–H and O–H groups in total.